The quantitative estimate of drug-likeness (QED) is 0.844. The zero-order chi connectivity index (χ0) is 13.9. The zero-order valence-corrected chi connectivity index (χ0v) is 12.6. The number of aryl methyl sites for hydroxylation is 1. The molecule has 1 atom stereocenters. The van der Waals surface area contributed by atoms with Gasteiger partial charge in [-0.25, -0.2) is 0 Å². The van der Waals surface area contributed by atoms with Crippen LogP contribution in [0.15, 0.2) is 12.4 Å². The van der Waals surface area contributed by atoms with E-state index >= 15 is 0 Å². The highest BCUT2D eigenvalue weighted by Gasteiger charge is 2.27. The fraction of sp³-hybridized carbons (Fsp3) is 0.615. The van der Waals surface area contributed by atoms with Crippen molar-refractivity contribution in [3.63, 3.8) is 0 Å². The van der Waals surface area contributed by atoms with Crippen molar-refractivity contribution in [1.82, 2.24) is 24.9 Å². The molecule has 20 heavy (non-hydrogen) atoms. The third kappa shape index (κ3) is 2.83. The highest BCUT2D eigenvalue weighted by molar-refractivity contribution is 7.13. The lowest BCUT2D eigenvalue weighted by Gasteiger charge is -2.21. The van der Waals surface area contributed by atoms with Crippen molar-refractivity contribution in [2.45, 2.75) is 32.4 Å². The molecule has 0 unspecified atom stereocenters. The summed E-state index contributed by atoms with van der Waals surface area (Å²) in [6, 6.07) is 0.447. The van der Waals surface area contributed by atoms with Crippen LogP contribution in [0.25, 0.3) is 0 Å². The van der Waals surface area contributed by atoms with Crippen molar-refractivity contribution in [2.75, 3.05) is 13.2 Å². The molecule has 0 aliphatic carbocycles. The van der Waals surface area contributed by atoms with Crippen LogP contribution in [0.3, 0.4) is 0 Å². The summed E-state index contributed by atoms with van der Waals surface area (Å²) in [6.45, 7) is 4.53. The Labute approximate surface area is 122 Å². The Morgan fingerprint density at radius 3 is 3.10 bits per heavy atom. The molecule has 6 nitrogen and oxygen atoms in total. The maximum absolute atomic E-state index is 5.38. The smallest absolute Gasteiger partial charge is 0.294 e. The minimum absolute atomic E-state index is 0.447. The van der Waals surface area contributed by atoms with Gasteiger partial charge in [0.1, 0.15) is 5.01 Å². The molecule has 2 aromatic rings. The van der Waals surface area contributed by atoms with Gasteiger partial charge in [0, 0.05) is 24.8 Å². The topological polar surface area (TPSA) is 56.1 Å². The van der Waals surface area contributed by atoms with E-state index < -0.39 is 0 Å². The minimum Gasteiger partial charge on any atom is -0.469 e. The van der Waals surface area contributed by atoms with E-state index in [9.17, 15) is 0 Å². The summed E-state index contributed by atoms with van der Waals surface area (Å²) in [4.78, 5) is 2.45. The van der Waals surface area contributed by atoms with E-state index in [0.717, 1.165) is 18.1 Å². The standard InChI is InChI=1S/C13H19N5OS/c1-3-19-13-16-15-12(20-13)9-18-6-4-5-11(18)10-7-14-17(2)8-10/h7-8,11H,3-6,9H2,1-2H3/t11-/m0/s1. The number of hydrogen-bond acceptors (Lipinski definition) is 6. The molecule has 7 heteroatoms. The molecule has 3 heterocycles. The third-order valence-corrected chi connectivity index (χ3v) is 4.35. The number of likely N-dealkylation sites (tertiary alicyclic amines) is 1. The molecule has 0 bridgehead atoms. The van der Waals surface area contributed by atoms with Gasteiger partial charge in [-0.1, -0.05) is 11.3 Å². The van der Waals surface area contributed by atoms with E-state index in [0.29, 0.717) is 17.8 Å². The molecule has 2 aromatic heterocycles. The first-order chi connectivity index (χ1) is 9.76. The Kier molecular flexibility index (Phi) is 3.98. The maximum Gasteiger partial charge on any atom is 0.294 e. The molecule has 1 aliphatic heterocycles. The second kappa shape index (κ2) is 5.88. The fourth-order valence-corrected chi connectivity index (χ4v) is 3.43. The predicted molar refractivity (Wildman–Crippen MR) is 76.7 cm³/mol. The van der Waals surface area contributed by atoms with Crippen LogP contribution >= 0.6 is 11.3 Å². The second-order valence-corrected chi connectivity index (χ2v) is 6.00. The molecule has 0 spiro atoms. The van der Waals surface area contributed by atoms with E-state index in [1.54, 1.807) is 0 Å². The molecule has 0 N–H and O–H groups in total. The lowest BCUT2D eigenvalue weighted by Crippen LogP contribution is -2.22. The number of hydrogen-bond donors (Lipinski definition) is 0. The van der Waals surface area contributed by atoms with Crippen LogP contribution in [-0.2, 0) is 13.6 Å². The van der Waals surface area contributed by atoms with Gasteiger partial charge in [0.2, 0.25) is 0 Å². The normalized spacial score (nSPS) is 19.6. The van der Waals surface area contributed by atoms with Crippen molar-refractivity contribution >= 4 is 11.3 Å². The van der Waals surface area contributed by atoms with Gasteiger partial charge < -0.3 is 4.74 Å². The molecular formula is C13H19N5OS. The van der Waals surface area contributed by atoms with Gasteiger partial charge in [-0.15, -0.1) is 10.2 Å². The minimum atomic E-state index is 0.447. The van der Waals surface area contributed by atoms with Crippen molar-refractivity contribution < 1.29 is 4.74 Å². The van der Waals surface area contributed by atoms with E-state index in [2.05, 4.69) is 26.4 Å². The summed E-state index contributed by atoms with van der Waals surface area (Å²) in [5, 5.41) is 14.2. The molecule has 0 radical (unpaired) electrons. The largest absolute Gasteiger partial charge is 0.469 e. The molecule has 0 saturated carbocycles. The summed E-state index contributed by atoms with van der Waals surface area (Å²) >= 11 is 1.54. The average Bonchev–Trinajstić information content (AvgIpc) is 3.12. The monoisotopic (exact) mass is 293 g/mol. The highest BCUT2D eigenvalue weighted by atomic mass is 32.1. The molecule has 0 aromatic carbocycles. The Hall–Kier alpha value is -1.47. The Balaban J connectivity index is 1.69. The second-order valence-electron chi connectivity index (χ2n) is 4.97. The van der Waals surface area contributed by atoms with E-state index in [4.69, 9.17) is 4.74 Å². The van der Waals surface area contributed by atoms with E-state index in [1.165, 1.54) is 29.7 Å². The highest BCUT2D eigenvalue weighted by Crippen LogP contribution is 2.33. The number of aromatic nitrogens is 4. The van der Waals surface area contributed by atoms with Gasteiger partial charge in [0.15, 0.2) is 0 Å². The first kappa shape index (κ1) is 13.5. The summed E-state index contributed by atoms with van der Waals surface area (Å²) < 4.78 is 7.24. The Morgan fingerprint density at radius 2 is 2.35 bits per heavy atom. The lowest BCUT2D eigenvalue weighted by atomic mass is 10.1. The molecule has 108 valence electrons. The first-order valence-electron chi connectivity index (χ1n) is 6.94. The predicted octanol–water partition coefficient (Wildman–Crippen LogP) is 2.01. The van der Waals surface area contributed by atoms with Crippen molar-refractivity contribution in [1.29, 1.82) is 0 Å². The number of nitrogens with zero attached hydrogens (tertiary/aromatic N) is 5. The van der Waals surface area contributed by atoms with Gasteiger partial charge in [0.05, 0.1) is 19.3 Å². The Bertz CT molecular complexity index is 567. The lowest BCUT2D eigenvalue weighted by molar-refractivity contribution is 0.247. The van der Waals surface area contributed by atoms with Crippen molar-refractivity contribution in [3.8, 4) is 5.19 Å². The van der Waals surface area contributed by atoms with Gasteiger partial charge in [0.25, 0.3) is 5.19 Å². The molecule has 0 amide bonds. The third-order valence-electron chi connectivity index (χ3n) is 3.53. The maximum atomic E-state index is 5.38. The van der Waals surface area contributed by atoms with Gasteiger partial charge >= 0.3 is 0 Å². The van der Waals surface area contributed by atoms with E-state index in [-0.39, 0.29) is 0 Å². The van der Waals surface area contributed by atoms with Crippen LogP contribution in [0, 0.1) is 0 Å². The molecule has 1 aliphatic rings. The van der Waals surface area contributed by atoms with Crippen LogP contribution in [-0.4, -0.2) is 38.0 Å². The molecule has 1 fully saturated rings. The van der Waals surface area contributed by atoms with Crippen LogP contribution < -0.4 is 4.74 Å². The van der Waals surface area contributed by atoms with Crippen molar-refractivity contribution in [2.24, 2.45) is 7.05 Å². The fourth-order valence-electron chi connectivity index (χ4n) is 2.66. The van der Waals surface area contributed by atoms with Gasteiger partial charge in [-0.3, -0.25) is 9.58 Å². The van der Waals surface area contributed by atoms with Crippen LogP contribution in [0.2, 0.25) is 0 Å². The summed E-state index contributed by atoms with van der Waals surface area (Å²) in [6.07, 6.45) is 6.48. The molecular weight excluding hydrogens is 274 g/mol. The Morgan fingerprint density at radius 1 is 1.45 bits per heavy atom. The van der Waals surface area contributed by atoms with Crippen LogP contribution in [0.4, 0.5) is 0 Å². The summed E-state index contributed by atoms with van der Waals surface area (Å²) in [5.41, 5.74) is 1.29. The van der Waals surface area contributed by atoms with Gasteiger partial charge in [-0.2, -0.15) is 5.10 Å². The zero-order valence-electron chi connectivity index (χ0n) is 11.8. The summed E-state index contributed by atoms with van der Waals surface area (Å²) in [7, 11) is 1.96. The van der Waals surface area contributed by atoms with Crippen molar-refractivity contribution in [3.05, 3.63) is 23.0 Å². The van der Waals surface area contributed by atoms with Crippen LogP contribution in [0.5, 0.6) is 5.19 Å². The van der Waals surface area contributed by atoms with E-state index in [1.807, 2.05) is 24.9 Å². The SMILES string of the molecule is CCOc1nnc(CN2CCC[C@H]2c2cnn(C)c2)s1. The van der Waals surface area contributed by atoms with Crippen LogP contribution in [0.1, 0.15) is 36.4 Å². The number of rotatable bonds is 5. The number of ether oxygens (including phenoxy) is 1. The average molecular weight is 293 g/mol. The van der Waals surface area contributed by atoms with Gasteiger partial charge in [-0.05, 0) is 26.3 Å². The first-order valence-corrected chi connectivity index (χ1v) is 7.75. The molecule has 1 saturated heterocycles. The molecule has 3 rings (SSSR count). The summed E-state index contributed by atoms with van der Waals surface area (Å²) in [5.74, 6) is 0.